The van der Waals surface area contributed by atoms with E-state index in [1.807, 2.05) is 91.0 Å². The maximum Gasteiger partial charge on any atom is 0.328 e. The first-order valence-electron chi connectivity index (χ1n) is 12.0. The first kappa shape index (κ1) is 28.1. The minimum Gasteiger partial charge on any atom is -0.468 e. The third-order valence-electron chi connectivity index (χ3n) is 6.66. The van der Waals surface area contributed by atoms with E-state index in [4.69, 9.17) is 14.2 Å². The first-order valence-corrected chi connectivity index (χ1v) is 12.0. The molecule has 0 radical (unpaired) electrons. The van der Waals surface area contributed by atoms with E-state index in [0.29, 0.717) is 16.7 Å². The van der Waals surface area contributed by atoms with Crippen molar-refractivity contribution >= 4 is 23.8 Å². The number of amides is 1. The number of methoxy groups -OCH3 is 3. The number of rotatable bonds is 10. The highest BCUT2D eigenvalue weighted by Crippen LogP contribution is 2.40. The molecule has 3 aromatic rings. The Bertz CT molecular complexity index is 1130. The number of nitrogens with one attached hydrogen (secondary N) is 1. The predicted molar refractivity (Wildman–Crippen MR) is 140 cm³/mol. The molecule has 0 fully saturated rings. The molecule has 0 saturated carbocycles. The highest BCUT2D eigenvalue weighted by atomic mass is 16.5. The van der Waals surface area contributed by atoms with E-state index in [2.05, 4.69) is 5.32 Å². The van der Waals surface area contributed by atoms with Gasteiger partial charge < -0.3 is 19.5 Å². The van der Waals surface area contributed by atoms with E-state index in [-0.39, 0.29) is 0 Å². The summed E-state index contributed by atoms with van der Waals surface area (Å²) >= 11 is 0. The highest BCUT2D eigenvalue weighted by molar-refractivity contribution is 6.00. The summed E-state index contributed by atoms with van der Waals surface area (Å²) in [5.41, 5.74) is 0.581. The number of esters is 3. The summed E-state index contributed by atoms with van der Waals surface area (Å²) < 4.78 is 14.6. The van der Waals surface area contributed by atoms with Crippen LogP contribution >= 0.6 is 0 Å². The molecule has 38 heavy (non-hydrogen) atoms. The van der Waals surface area contributed by atoms with Crippen LogP contribution in [0, 0.1) is 11.8 Å². The van der Waals surface area contributed by atoms with Gasteiger partial charge in [0.25, 0.3) is 0 Å². The molecule has 0 heterocycles. The van der Waals surface area contributed by atoms with Crippen molar-refractivity contribution in [2.24, 2.45) is 11.8 Å². The Hall–Kier alpha value is -4.46. The number of carbonyl (C=O) groups is 4. The Morgan fingerprint density at radius 3 is 1.26 bits per heavy atom. The SMILES string of the molecule is COC(=O)C(C(=O)OC)[C@H](C)[C@H](NC(=O)C(c1ccccc1)(c1ccccc1)c1ccccc1)C(=O)OC. The Labute approximate surface area is 221 Å². The summed E-state index contributed by atoms with van der Waals surface area (Å²) in [5.74, 6) is -5.70. The van der Waals surface area contributed by atoms with E-state index >= 15 is 0 Å². The molecule has 0 unspecified atom stereocenters. The number of hydrogen-bond acceptors (Lipinski definition) is 7. The molecule has 0 saturated heterocycles. The molecule has 0 aliphatic heterocycles. The van der Waals surface area contributed by atoms with Gasteiger partial charge in [0, 0.05) is 5.92 Å². The lowest BCUT2D eigenvalue weighted by atomic mass is 9.68. The summed E-state index contributed by atoms with van der Waals surface area (Å²) in [5, 5.41) is 2.81. The Morgan fingerprint density at radius 2 is 0.947 bits per heavy atom. The molecule has 0 bridgehead atoms. The van der Waals surface area contributed by atoms with Gasteiger partial charge in [-0.05, 0) is 16.7 Å². The van der Waals surface area contributed by atoms with Gasteiger partial charge in [0.1, 0.15) is 11.5 Å². The molecule has 3 aromatic carbocycles. The molecular formula is C30H31NO7. The summed E-state index contributed by atoms with van der Waals surface area (Å²) in [7, 11) is 3.42. The Kier molecular flexibility index (Phi) is 9.38. The highest BCUT2D eigenvalue weighted by Gasteiger charge is 2.48. The zero-order chi connectivity index (χ0) is 27.7. The second-order valence-corrected chi connectivity index (χ2v) is 8.71. The lowest BCUT2D eigenvalue weighted by Gasteiger charge is -2.37. The van der Waals surface area contributed by atoms with Crippen molar-refractivity contribution in [2.45, 2.75) is 18.4 Å². The summed E-state index contributed by atoms with van der Waals surface area (Å²) in [6.45, 7) is 1.48. The van der Waals surface area contributed by atoms with Gasteiger partial charge in [0.05, 0.1) is 21.3 Å². The summed E-state index contributed by atoms with van der Waals surface area (Å²) in [4.78, 5) is 52.6. The molecule has 198 valence electrons. The van der Waals surface area contributed by atoms with Crippen molar-refractivity contribution in [3.63, 3.8) is 0 Å². The predicted octanol–water partition coefficient (Wildman–Crippen LogP) is 3.28. The van der Waals surface area contributed by atoms with E-state index in [9.17, 15) is 19.2 Å². The number of benzene rings is 3. The minimum absolute atomic E-state index is 0.545. The molecule has 0 aliphatic carbocycles. The largest absolute Gasteiger partial charge is 0.468 e. The average molecular weight is 518 g/mol. The van der Waals surface area contributed by atoms with Crippen molar-refractivity contribution in [2.75, 3.05) is 21.3 Å². The van der Waals surface area contributed by atoms with Gasteiger partial charge in [-0.25, -0.2) is 4.79 Å². The molecule has 2 atom stereocenters. The van der Waals surface area contributed by atoms with Crippen LogP contribution in [0.25, 0.3) is 0 Å². The monoisotopic (exact) mass is 517 g/mol. The normalized spacial score (nSPS) is 12.7. The third kappa shape index (κ3) is 5.44. The topological polar surface area (TPSA) is 108 Å². The summed E-state index contributed by atoms with van der Waals surface area (Å²) in [6, 6.07) is 26.1. The quantitative estimate of drug-likeness (QED) is 0.190. The van der Waals surface area contributed by atoms with Gasteiger partial charge >= 0.3 is 17.9 Å². The van der Waals surface area contributed by atoms with Crippen molar-refractivity contribution in [1.29, 1.82) is 0 Å². The van der Waals surface area contributed by atoms with Crippen molar-refractivity contribution in [1.82, 2.24) is 5.32 Å². The van der Waals surface area contributed by atoms with Gasteiger partial charge in [-0.15, -0.1) is 0 Å². The standard InChI is InChI=1S/C30H31NO7/c1-20(24(26(32)36-2)27(33)37-3)25(28(34)38-4)31-29(35)30(21-14-8-5-9-15-21,22-16-10-6-11-17-22)23-18-12-7-13-19-23/h5-20,24-25H,1-4H3,(H,31,35)/t20-,25-/m0/s1. The molecule has 0 aromatic heterocycles. The summed E-state index contributed by atoms with van der Waals surface area (Å²) in [6.07, 6.45) is 0. The molecule has 1 amide bonds. The first-order chi connectivity index (χ1) is 18.3. The molecule has 1 N–H and O–H groups in total. The lowest BCUT2D eigenvalue weighted by molar-refractivity contribution is -0.163. The van der Waals surface area contributed by atoms with Gasteiger partial charge in [-0.1, -0.05) is 97.9 Å². The molecule has 3 rings (SSSR count). The van der Waals surface area contributed by atoms with E-state index < -0.39 is 47.1 Å². The van der Waals surface area contributed by atoms with E-state index in [1.165, 1.54) is 14.0 Å². The number of ether oxygens (including phenoxy) is 3. The van der Waals surface area contributed by atoms with Crippen LogP contribution in [0.5, 0.6) is 0 Å². The van der Waals surface area contributed by atoms with Crippen molar-refractivity contribution < 1.29 is 33.4 Å². The average Bonchev–Trinajstić information content (AvgIpc) is 2.97. The smallest absolute Gasteiger partial charge is 0.328 e. The fourth-order valence-corrected chi connectivity index (χ4v) is 4.71. The fourth-order valence-electron chi connectivity index (χ4n) is 4.71. The van der Waals surface area contributed by atoms with Gasteiger partial charge in [0.2, 0.25) is 5.91 Å². The Balaban J connectivity index is 2.22. The lowest BCUT2D eigenvalue weighted by Crippen LogP contribution is -2.56. The van der Waals surface area contributed by atoms with Gasteiger partial charge in [-0.3, -0.25) is 14.4 Å². The van der Waals surface area contributed by atoms with Crippen LogP contribution in [-0.4, -0.2) is 51.2 Å². The number of hydrogen-bond donors (Lipinski definition) is 1. The molecule has 8 nitrogen and oxygen atoms in total. The number of carbonyl (C=O) groups excluding carboxylic acids is 4. The van der Waals surface area contributed by atoms with Crippen LogP contribution in [0.3, 0.4) is 0 Å². The van der Waals surface area contributed by atoms with Gasteiger partial charge in [-0.2, -0.15) is 0 Å². The minimum atomic E-state index is -1.48. The molecular weight excluding hydrogens is 486 g/mol. The van der Waals surface area contributed by atoms with Crippen LogP contribution < -0.4 is 5.32 Å². The van der Waals surface area contributed by atoms with Crippen molar-refractivity contribution in [3.05, 3.63) is 108 Å². The third-order valence-corrected chi connectivity index (χ3v) is 6.66. The zero-order valence-corrected chi connectivity index (χ0v) is 21.8. The maximum atomic E-state index is 14.6. The van der Waals surface area contributed by atoms with Crippen LogP contribution in [-0.2, 0) is 38.8 Å². The van der Waals surface area contributed by atoms with E-state index in [1.54, 1.807) is 0 Å². The van der Waals surface area contributed by atoms with Crippen molar-refractivity contribution in [3.8, 4) is 0 Å². The van der Waals surface area contributed by atoms with E-state index in [0.717, 1.165) is 14.2 Å². The molecule has 0 spiro atoms. The fraction of sp³-hybridized carbons (Fsp3) is 0.267. The van der Waals surface area contributed by atoms with Crippen LogP contribution in [0.2, 0.25) is 0 Å². The van der Waals surface area contributed by atoms with Gasteiger partial charge in [0.15, 0.2) is 5.92 Å². The maximum absolute atomic E-state index is 14.6. The second-order valence-electron chi connectivity index (χ2n) is 8.71. The Morgan fingerprint density at radius 1 is 0.605 bits per heavy atom. The van der Waals surface area contributed by atoms with Crippen LogP contribution in [0.1, 0.15) is 23.6 Å². The van der Waals surface area contributed by atoms with Crippen LogP contribution in [0.15, 0.2) is 91.0 Å². The molecule has 8 heteroatoms. The van der Waals surface area contributed by atoms with Crippen LogP contribution in [0.4, 0.5) is 0 Å². The second kappa shape index (κ2) is 12.7. The zero-order valence-electron chi connectivity index (χ0n) is 21.8. The molecule has 0 aliphatic rings.